The molecule has 0 aliphatic heterocycles. The van der Waals surface area contributed by atoms with Gasteiger partial charge in [0.15, 0.2) is 11.5 Å². The monoisotopic (exact) mass is 583 g/mol. The molecule has 0 radical (unpaired) electrons. The van der Waals surface area contributed by atoms with E-state index in [0.717, 1.165) is 40.9 Å². The molecule has 166 valence electrons. The van der Waals surface area contributed by atoms with Crippen LogP contribution < -0.4 is 5.32 Å². The van der Waals surface area contributed by atoms with E-state index in [4.69, 9.17) is 14.8 Å². The maximum atomic E-state index is 13.9. The number of methoxy groups -OCH3 is 1. The molecule has 1 unspecified atom stereocenters. The minimum Gasteiger partial charge on any atom is -0.471 e. The molecule has 0 bridgehead atoms. The number of rotatable bonds is 5. The number of fused-ring (bicyclic) bond motifs is 2. The molecule has 0 fully saturated rings. The number of nitrogens with one attached hydrogen (secondary N) is 1. The highest BCUT2D eigenvalue weighted by Gasteiger charge is 2.19. The number of nitrogens with zero attached hydrogens (tertiary/aromatic N) is 4. The fraction of sp³-hybridized carbons (Fsp3) is 0.238. The third-order valence-corrected chi connectivity index (χ3v) is 7.43. The van der Waals surface area contributed by atoms with Crippen LogP contribution in [0.5, 0.6) is 0 Å². The Bertz CT molecular complexity index is 1280. The minimum atomic E-state index is -0.366. The van der Waals surface area contributed by atoms with E-state index >= 15 is 0 Å². The number of hydrogen-bond acceptors (Lipinski definition) is 8. The summed E-state index contributed by atoms with van der Waals surface area (Å²) in [7, 11) is 2.80. The third kappa shape index (κ3) is 4.89. The zero-order valence-corrected chi connectivity index (χ0v) is 20.8. The van der Waals surface area contributed by atoms with E-state index in [1.165, 1.54) is 28.5 Å². The standard InChI is InChI=1S/C19H15FIN5S2.C2H4O2/c20-11-8-14-15(10-26(28-21)18(14)22-9-11)17-24-16(13-6-7-27-19(13)25-17)23-12-4-2-1-3-5-12;1-4-2-3/h1-2,6-10,12H,3-5H2,(H,23,24,25);2H,1H3. The molecule has 0 spiro atoms. The fourth-order valence-corrected chi connectivity index (χ4v) is 5.51. The summed E-state index contributed by atoms with van der Waals surface area (Å²) in [5.74, 6) is 1.06. The lowest BCUT2D eigenvalue weighted by molar-refractivity contribution is -0.126. The number of thiophene rings is 1. The second-order valence-electron chi connectivity index (χ2n) is 6.96. The molecular formula is C21H19FIN5O2S2. The van der Waals surface area contributed by atoms with Gasteiger partial charge in [0.05, 0.1) is 18.7 Å². The van der Waals surface area contributed by atoms with Crippen molar-refractivity contribution in [2.45, 2.75) is 25.3 Å². The molecule has 11 heteroatoms. The van der Waals surface area contributed by atoms with Crippen molar-refractivity contribution < 1.29 is 13.9 Å². The van der Waals surface area contributed by atoms with Crippen LogP contribution in [0.4, 0.5) is 10.2 Å². The van der Waals surface area contributed by atoms with Gasteiger partial charge in [-0.1, -0.05) is 12.2 Å². The molecule has 4 heterocycles. The van der Waals surface area contributed by atoms with Crippen LogP contribution in [-0.4, -0.2) is 38.5 Å². The lowest BCUT2D eigenvalue weighted by Gasteiger charge is -2.20. The predicted octanol–water partition coefficient (Wildman–Crippen LogP) is 6.00. The summed E-state index contributed by atoms with van der Waals surface area (Å²) in [6.45, 7) is 0.375. The van der Waals surface area contributed by atoms with Gasteiger partial charge in [-0.3, -0.25) is 8.77 Å². The number of ether oxygens (including phenoxy) is 1. The quantitative estimate of drug-likeness (QED) is 0.175. The molecule has 1 N–H and O–H groups in total. The van der Waals surface area contributed by atoms with Crippen LogP contribution >= 0.6 is 41.7 Å². The highest BCUT2D eigenvalue weighted by atomic mass is 127. The van der Waals surface area contributed by atoms with E-state index in [2.05, 4.69) is 54.5 Å². The number of carbonyl (C=O) groups is 1. The number of halogens is 2. The van der Waals surface area contributed by atoms with Gasteiger partial charge in [-0.15, -0.1) is 11.3 Å². The van der Waals surface area contributed by atoms with Crippen molar-refractivity contribution in [3.05, 3.63) is 47.9 Å². The maximum absolute atomic E-state index is 13.9. The molecule has 0 saturated carbocycles. The molecule has 1 aliphatic carbocycles. The summed E-state index contributed by atoms with van der Waals surface area (Å²) < 4.78 is 19.7. The van der Waals surface area contributed by atoms with Gasteiger partial charge in [0.25, 0.3) is 6.47 Å². The summed E-state index contributed by atoms with van der Waals surface area (Å²) in [6, 6.07) is 3.92. The number of aromatic nitrogens is 4. The summed E-state index contributed by atoms with van der Waals surface area (Å²) in [6.07, 6.45) is 10.8. The molecule has 4 aromatic rings. The van der Waals surface area contributed by atoms with Crippen LogP contribution in [0.1, 0.15) is 19.3 Å². The zero-order valence-electron chi connectivity index (χ0n) is 17.0. The average molecular weight is 583 g/mol. The first-order valence-electron chi connectivity index (χ1n) is 9.74. The topological polar surface area (TPSA) is 81.9 Å². The Hall–Kier alpha value is -2.25. The molecule has 1 atom stereocenters. The van der Waals surface area contributed by atoms with Gasteiger partial charge < -0.3 is 10.1 Å². The zero-order chi connectivity index (χ0) is 22.5. The Balaban J connectivity index is 0.000000567. The van der Waals surface area contributed by atoms with Crippen LogP contribution in [0.15, 0.2) is 42.1 Å². The van der Waals surface area contributed by atoms with Crippen LogP contribution in [-0.2, 0) is 9.53 Å². The predicted molar refractivity (Wildman–Crippen MR) is 137 cm³/mol. The van der Waals surface area contributed by atoms with Crippen LogP contribution in [0, 0.1) is 5.82 Å². The minimum absolute atomic E-state index is 0.362. The number of pyridine rings is 1. The van der Waals surface area contributed by atoms with Crippen LogP contribution in [0.25, 0.3) is 32.6 Å². The Morgan fingerprint density at radius 3 is 2.94 bits per heavy atom. The number of allylic oxidation sites excluding steroid dienone is 1. The molecule has 1 aliphatic rings. The number of anilines is 1. The highest BCUT2D eigenvalue weighted by molar-refractivity contribution is 14.2. The second-order valence-corrected chi connectivity index (χ2v) is 9.56. The molecule has 32 heavy (non-hydrogen) atoms. The highest BCUT2D eigenvalue weighted by Crippen LogP contribution is 2.35. The van der Waals surface area contributed by atoms with E-state index in [9.17, 15) is 4.39 Å². The van der Waals surface area contributed by atoms with Crippen molar-refractivity contribution in [3.63, 3.8) is 0 Å². The Labute approximate surface area is 204 Å². The molecular weight excluding hydrogens is 564 g/mol. The van der Waals surface area contributed by atoms with Gasteiger partial charge in [-0.25, -0.2) is 19.3 Å². The van der Waals surface area contributed by atoms with Crippen LogP contribution in [0.2, 0.25) is 0 Å². The third-order valence-electron chi connectivity index (χ3n) is 4.93. The van der Waals surface area contributed by atoms with Gasteiger partial charge >= 0.3 is 0 Å². The lowest BCUT2D eigenvalue weighted by Crippen LogP contribution is -2.21. The van der Waals surface area contributed by atoms with Gasteiger partial charge in [0.1, 0.15) is 16.5 Å². The van der Waals surface area contributed by atoms with Gasteiger partial charge in [-0.2, -0.15) is 0 Å². The van der Waals surface area contributed by atoms with E-state index in [1.807, 2.05) is 15.5 Å². The number of carbonyl (C=O) groups excluding carboxylic acids is 1. The molecule has 0 saturated heterocycles. The average Bonchev–Trinajstić information content (AvgIpc) is 3.44. The maximum Gasteiger partial charge on any atom is 0.292 e. The Kier molecular flexibility index (Phi) is 7.58. The summed E-state index contributed by atoms with van der Waals surface area (Å²) >= 11 is 3.77. The van der Waals surface area contributed by atoms with Crippen molar-refractivity contribution in [2.24, 2.45) is 0 Å². The van der Waals surface area contributed by atoms with Crippen molar-refractivity contribution in [2.75, 3.05) is 12.4 Å². The van der Waals surface area contributed by atoms with Crippen LogP contribution in [0.3, 0.4) is 0 Å². The normalized spacial score (nSPS) is 15.4. The second kappa shape index (κ2) is 10.6. The van der Waals surface area contributed by atoms with Crippen molar-refractivity contribution in [1.29, 1.82) is 0 Å². The van der Waals surface area contributed by atoms with Crippen molar-refractivity contribution in [1.82, 2.24) is 18.9 Å². The SMILES string of the molecule is COC=O.Fc1cnc2c(c1)c(-c1nc(NC3CC=CCC3)c3ccsc3n1)cn2SI. The lowest BCUT2D eigenvalue weighted by atomic mass is 10.0. The van der Waals surface area contributed by atoms with E-state index in [0.29, 0.717) is 29.4 Å². The first kappa shape index (κ1) is 22.9. The fourth-order valence-electron chi connectivity index (χ4n) is 3.49. The molecule has 5 rings (SSSR count). The summed E-state index contributed by atoms with van der Waals surface area (Å²) in [5, 5.41) is 7.37. The smallest absolute Gasteiger partial charge is 0.292 e. The molecule has 0 aromatic carbocycles. The first-order valence-corrected chi connectivity index (χ1v) is 13.9. The van der Waals surface area contributed by atoms with Gasteiger partial charge in [-0.05, 0) is 36.8 Å². The van der Waals surface area contributed by atoms with Crippen molar-refractivity contribution in [3.8, 4) is 11.4 Å². The van der Waals surface area contributed by atoms with E-state index in [1.54, 1.807) is 11.3 Å². The van der Waals surface area contributed by atoms with Gasteiger partial charge in [0, 0.05) is 53.5 Å². The summed E-state index contributed by atoms with van der Waals surface area (Å²) in [5.41, 5.74) is 1.49. The van der Waals surface area contributed by atoms with E-state index < -0.39 is 0 Å². The Morgan fingerprint density at radius 1 is 1.38 bits per heavy atom. The number of hydrogen-bond donors (Lipinski definition) is 1. The summed E-state index contributed by atoms with van der Waals surface area (Å²) in [4.78, 5) is 23.7. The molecule has 4 aromatic heterocycles. The Morgan fingerprint density at radius 2 is 2.22 bits per heavy atom. The van der Waals surface area contributed by atoms with Crippen molar-refractivity contribution >= 4 is 75.2 Å². The van der Waals surface area contributed by atoms with Gasteiger partial charge in [0.2, 0.25) is 0 Å². The molecule has 7 nitrogen and oxygen atoms in total. The largest absolute Gasteiger partial charge is 0.471 e. The van der Waals surface area contributed by atoms with E-state index in [-0.39, 0.29) is 5.82 Å². The first-order chi connectivity index (χ1) is 15.6. The molecule has 0 amide bonds.